The third-order valence-corrected chi connectivity index (χ3v) is 4.78. The number of para-hydroxylation sites is 1. The van der Waals surface area contributed by atoms with E-state index in [4.69, 9.17) is 4.74 Å². The van der Waals surface area contributed by atoms with Crippen LogP contribution in [0, 0.1) is 0 Å². The highest BCUT2D eigenvalue weighted by molar-refractivity contribution is 7.11. The molecular weight excluding hydrogens is 282 g/mol. The molecule has 1 N–H and O–H groups in total. The summed E-state index contributed by atoms with van der Waals surface area (Å²) in [5.74, 6) is 1.33. The highest BCUT2D eigenvalue weighted by Gasteiger charge is 2.25. The first-order valence-electron chi connectivity index (χ1n) is 7.63. The number of benzene rings is 1. The lowest BCUT2D eigenvalue weighted by atomic mass is 9.94. The molecule has 1 aliphatic heterocycles. The summed E-state index contributed by atoms with van der Waals surface area (Å²) in [6.45, 7) is 4.99. The predicted molar refractivity (Wildman–Crippen MR) is 85.2 cm³/mol. The van der Waals surface area contributed by atoms with E-state index >= 15 is 0 Å². The molecule has 1 atom stereocenters. The Morgan fingerprint density at radius 3 is 3.10 bits per heavy atom. The second-order valence-electron chi connectivity index (χ2n) is 5.26. The van der Waals surface area contributed by atoms with E-state index in [2.05, 4.69) is 34.6 Å². The number of rotatable bonds is 6. The quantitative estimate of drug-likeness (QED) is 0.833. The molecule has 0 radical (unpaired) electrons. The number of aromatic nitrogens is 2. The number of hydrogen-bond acceptors (Lipinski definition) is 5. The van der Waals surface area contributed by atoms with Crippen molar-refractivity contribution in [3.8, 4) is 5.75 Å². The monoisotopic (exact) mass is 303 g/mol. The van der Waals surface area contributed by atoms with Crippen LogP contribution < -0.4 is 10.1 Å². The fraction of sp³-hybridized carbons (Fsp3) is 0.500. The van der Waals surface area contributed by atoms with E-state index in [-0.39, 0.29) is 0 Å². The van der Waals surface area contributed by atoms with Gasteiger partial charge >= 0.3 is 0 Å². The first kappa shape index (κ1) is 14.5. The molecule has 2 heterocycles. The maximum atomic E-state index is 5.72. The second kappa shape index (κ2) is 7.00. The largest absolute Gasteiger partial charge is 0.493 e. The standard InChI is InChI=1S/C16H21N3OS/c1-2-9-17-10-7-15-18-19-16(21-15)13-8-11-20-14-6-4-3-5-12(13)14/h3-6,13,17H,2,7-11H2,1H3. The Morgan fingerprint density at radius 1 is 1.29 bits per heavy atom. The van der Waals surface area contributed by atoms with Crippen molar-refractivity contribution in [3.63, 3.8) is 0 Å². The fourth-order valence-corrected chi connectivity index (χ4v) is 3.60. The summed E-state index contributed by atoms with van der Waals surface area (Å²) in [7, 11) is 0. The zero-order valence-electron chi connectivity index (χ0n) is 12.3. The molecule has 1 aromatic heterocycles. The minimum absolute atomic E-state index is 0.338. The molecule has 1 aliphatic rings. The maximum Gasteiger partial charge on any atom is 0.125 e. The molecule has 112 valence electrons. The number of ether oxygens (including phenoxy) is 1. The van der Waals surface area contributed by atoms with Gasteiger partial charge in [0.2, 0.25) is 0 Å². The Hall–Kier alpha value is -1.46. The van der Waals surface area contributed by atoms with E-state index in [1.54, 1.807) is 11.3 Å². The zero-order valence-corrected chi connectivity index (χ0v) is 13.2. The zero-order chi connectivity index (χ0) is 14.5. The number of nitrogens with one attached hydrogen (secondary N) is 1. The van der Waals surface area contributed by atoms with Gasteiger partial charge in [0, 0.05) is 24.4 Å². The lowest BCUT2D eigenvalue weighted by Gasteiger charge is -2.23. The number of nitrogens with zero attached hydrogens (tertiary/aromatic N) is 2. The first-order valence-corrected chi connectivity index (χ1v) is 8.45. The molecule has 4 nitrogen and oxygen atoms in total. The van der Waals surface area contributed by atoms with E-state index in [0.717, 1.165) is 48.3 Å². The van der Waals surface area contributed by atoms with Crippen molar-refractivity contribution in [1.29, 1.82) is 0 Å². The van der Waals surface area contributed by atoms with Crippen molar-refractivity contribution in [2.75, 3.05) is 19.7 Å². The van der Waals surface area contributed by atoms with Crippen molar-refractivity contribution >= 4 is 11.3 Å². The van der Waals surface area contributed by atoms with Crippen molar-refractivity contribution in [3.05, 3.63) is 39.8 Å². The molecule has 2 aromatic rings. The van der Waals surface area contributed by atoms with Gasteiger partial charge in [0.15, 0.2) is 0 Å². The average Bonchev–Trinajstić information content (AvgIpc) is 3.00. The topological polar surface area (TPSA) is 47.0 Å². The Kier molecular flexibility index (Phi) is 4.83. The third-order valence-electron chi connectivity index (χ3n) is 3.68. The molecule has 0 saturated carbocycles. The average molecular weight is 303 g/mol. The SMILES string of the molecule is CCCNCCc1nnc(C2CCOc3ccccc32)s1. The summed E-state index contributed by atoms with van der Waals surface area (Å²) in [4.78, 5) is 0. The van der Waals surface area contributed by atoms with Gasteiger partial charge in [0.05, 0.1) is 6.61 Å². The fourth-order valence-electron chi connectivity index (χ4n) is 2.60. The molecule has 5 heteroatoms. The minimum Gasteiger partial charge on any atom is -0.493 e. The van der Waals surface area contributed by atoms with E-state index in [9.17, 15) is 0 Å². The van der Waals surface area contributed by atoms with Gasteiger partial charge in [-0.1, -0.05) is 25.1 Å². The molecule has 1 aromatic carbocycles. The molecule has 0 aliphatic carbocycles. The van der Waals surface area contributed by atoms with Crippen LogP contribution in [0.2, 0.25) is 0 Å². The van der Waals surface area contributed by atoms with Crippen molar-refractivity contribution in [1.82, 2.24) is 15.5 Å². The van der Waals surface area contributed by atoms with E-state index in [1.165, 1.54) is 12.0 Å². The van der Waals surface area contributed by atoms with Crippen LogP contribution in [0.1, 0.15) is 41.3 Å². The van der Waals surface area contributed by atoms with Gasteiger partial charge in [-0.05, 0) is 25.5 Å². The van der Waals surface area contributed by atoms with Crippen LogP contribution in [0.5, 0.6) is 5.75 Å². The lowest BCUT2D eigenvalue weighted by molar-refractivity contribution is 0.276. The summed E-state index contributed by atoms with van der Waals surface area (Å²) in [5.41, 5.74) is 1.25. The Labute approximate surface area is 129 Å². The molecule has 0 amide bonds. The summed E-state index contributed by atoms with van der Waals surface area (Å²) in [6, 6.07) is 8.27. The summed E-state index contributed by atoms with van der Waals surface area (Å²) < 4.78 is 5.72. The highest BCUT2D eigenvalue weighted by atomic mass is 32.1. The van der Waals surface area contributed by atoms with Gasteiger partial charge in [0.1, 0.15) is 15.8 Å². The van der Waals surface area contributed by atoms with E-state index in [0.29, 0.717) is 5.92 Å². The smallest absolute Gasteiger partial charge is 0.125 e. The molecular formula is C16H21N3OS. The number of fused-ring (bicyclic) bond motifs is 1. The maximum absolute atomic E-state index is 5.72. The summed E-state index contributed by atoms with van der Waals surface area (Å²) >= 11 is 1.74. The van der Waals surface area contributed by atoms with Gasteiger partial charge < -0.3 is 10.1 Å². The predicted octanol–water partition coefficient (Wildman–Crippen LogP) is 2.99. The molecule has 1 unspecified atom stereocenters. The van der Waals surface area contributed by atoms with Crippen LogP contribution in [-0.4, -0.2) is 29.9 Å². The Bertz CT molecular complexity index is 584. The normalized spacial score (nSPS) is 17.3. The van der Waals surface area contributed by atoms with Gasteiger partial charge in [-0.3, -0.25) is 0 Å². The van der Waals surface area contributed by atoms with Gasteiger partial charge in [-0.25, -0.2) is 0 Å². The van der Waals surface area contributed by atoms with Crippen molar-refractivity contribution in [2.45, 2.75) is 32.1 Å². The molecule has 3 rings (SSSR count). The minimum atomic E-state index is 0.338. The third kappa shape index (κ3) is 3.41. The van der Waals surface area contributed by atoms with Crippen LogP contribution in [0.3, 0.4) is 0 Å². The molecule has 0 spiro atoms. The van der Waals surface area contributed by atoms with Crippen LogP contribution >= 0.6 is 11.3 Å². The van der Waals surface area contributed by atoms with Crippen LogP contribution in [-0.2, 0) is 6.42 Å². The van der Waals surface area contributed by atoms with Crippen LogP contribution in [0.15, 0.2) is 24.3 Å². The molecule has 0 bridgehead atoms. The van der Waals surface area contributed by atoms with E-state index in [1.807, 2.05) is 12.1 Å². The Morgan fingerprint density at radius 2 is 2.19 bits per heavy atom. The first-order chi connectivity index (χ1) is 10.4. The van der Waals surface area contributed by atoms with Crippen LogP contribution in [0.25, 0.3) is 0 Å². The second-order valence-corrected chi connectivity index (χ2v) is 6.36. The summed E-state index contributed by atoms with van der Waals surface area (Å²) in [5, 5.41) is 14.4. The van der Waals surface area contributed by atoms with Gasteiger partial charge in [-0.15, -0.1) is 21.5 Å². The van der Waals surface area contributed by atoms with Crippen molar-refractivity contribution in [2.24, 2.45) is 0 Å². The number of hydrogen-bond donors (Lipinski definition) is 1. The summed E-state index contributed by atoms with van der Waals surface area (Å²) in [6.07, 6.45) is 3.11. The van der Waals surface area contributed by atoms with Crippen molar-refractivity contribution < 1.29 is 4.74 Å². The van der Waals surface area contributed by atoms with Gasteiger partial charge in [-0.2, -0.15) is 0 Å². The lowest BCUT2D eigenvalue weighted by Crippen LogP contribution is -2.17. The van der Waals surface area contributed by atoms with E-state index < -0.39 is 0 Å². The molecule has 21 heavy (non-hydrogen) atoms. The molecule has 0 saturated heterocycles. The van der Waals surface area contributed by atoms with Gasteiger partial charge in [0.25, 0.3) is 0 Å². The molecule has 0 fully saturated rings. The highest BCUT2D eigenvalue weighted by Crippen LogP contribution is 2.38. The Balaban J connectivity index is 1.69. The van der Waals surface area contributed by atoms with Crippen LogP contribution in [0.4, 0.5) is 0 Å².